The van der Waals surface area contributed by atoms with E-state index in [2.05, 4.69) is 0 Å². The fraction of sp³-hybridized carbons (Fsp3) is 0.500. The Balaban J connectivity index is 2.02. The lowest BCUT2D eigenvalue weighted by molar-refractivity contribution is -0.133. The van der Waals surface area contributed by atoms with Crippen molar-refractivity contribution in [3.8, 4) is 11.5 Å². The molecule has 0 spiro atoms. The fourth-order valence-electron chi connectivity index (χ4n) is 2.09. The molecule has 0 saturated heterocycles. The molecule has 0 fully saturated rings. The number of nitrogens with two attached hydrogens (primary N) is 1. The molecule has 1 aliphatic rings. The van der Waals surface area contributed by atoms with Crippen LogP contribution in [0.1, 0.15) is 13.8 Å². The van der Waals surface area contributed by atoms with Crippen molar-refractivity contribution >= 4 is 5.91 Å². The van der Waals surface area contributed by atoms with Gasteiger partial charge in [-0.2, -0.15) is 0 Å². The van der Waals surface area contributed by atoms with Crippen molar-refractivity contribution in [3.05, 3.63) is 24.3 Å². The van der Waals surface area contributed by atoms with Gasteiger partial charge in [0.1, 0.15) is 6.61 Å². The number of amides is 1. The largest absolute Gasteiger partial charge is 0.486 e. The number of hydrogen-bond donors (Lipinski definition) is 1. The molecule has 0 radical (unpaired) electrons. The van der Waals surface area contributed by atoms with E-state index in [4.69, 9.17) is 15.2 Å². The summed E-state index contributed by atoms with van der Waals surface area (Å²) in [6.07, 6.45) is -0.159. The molecule has 2 N–H and O–H groups in total. The molecule has 0 unspecified atom stereocenters. The highest BCUT2D eigenvalue weighted by atomic mass is 16.6. The number of nitrogens with zero attached hydrogens (tertiary/aromatic N) is 1. The van der Waals surface area contributed by atoms with E-state index in [-0.39, 0.29) is 24.6 Å². The Labute approximate surface area is 113 Å². The minimum atomic E-state index is -0.159. The van der Waals surface area contributed by atoms with E-state index < -0.39 is 0 Å². The maximum absolute atomic E-state index is 11.8. The van der Waals surface area contributed by atoms with E-state index >= 15 is 0 Å². The molecule has 1 aliphatic heterocycles. The molecule has 0 aromatic heterocycles. The maximum Gasteiger partial charge on any atom is 0.236 e. The zero-order valence-electron chi connectivity index (χ0n) is 11.3. The normalized spacial score (nSPS) is 17.4. The molecule has 5 nitrogen and oxygen atoms in total. The van der Waals surface area contributed by atoms with Crippen LogP contribution in [0.2, 0.25) is 0 Å². The monoisotopic (exact) mass is 264 g/mol. The predicted octanol–water partition coefficient (Wildman–Crippen LogP) is 1.02. The SMILES string of the molecule is CC(C)N(C[C@H]1COc2ccccc2O1)C(=O)CN. The predicted molar refractivity (Wildman–Crippen MR) is 72.3 cm³/mol. The van der Waals surface area contributed by atoms with Crippen molar-refractivity contribution in [2.75, 3.05) is 19.7 Å². The van der Waals surface area contributed by atoms with Crippen LogP contribution >= 0.6 is 0 Å². The summed E-state index contributed by atoms with van der Waals surface area (Å²) < 4.78 is 11.5. The first-order valence-electron chi connectivity index (χ1n) is 6.50. The molecule has 1 amide bonds. The van der Waals surface area contributed by atoms with Gasteiger partial charge in [-0.1, -0.05) is 12.1 Å². The molecule has 1 aromatic carbocycles. The van der Waals surface area contributed by atoms with E-state index in [1.54, 1.807) is 4.90 Å². The van der Waals surface area contributed by atoms with Gasteiger partial charge < -0.3 is 20.1 Å². The van der Waals surface area contributed by atoms with Gasteiger partial charge in [-0.3, -0.25) is 4.79 Å². The van der Waals surface area contributed by atoms with Crippen molar-refractivity contribution in [2.45, 2.75) is 26.0 Å². The summed E-state index contributed by atoms with van der Waals surface area (Å²) >= 11 is 0. The lowest BCUT2D eigenvalue weighted by atomic mass is 10.2. The van der Waals surface area contributed by atoms with Crippen LogP contribution in [0.15, 0.2) is 24.3 Å². The molecular weight excluding hydrogens is 244 g/mol. The summed E-state index contributed by atoms with van der Waals surface area (Å²) in [6, 6.07) is 7.64. The van der Waals surface area contributed by atoms with Crippen LogP contribution in [-0.2, 0) is 4.79 Å². The van der Waals surface area contributed by atoms with E-state index in [1.165, 1.54) is 0 Å². The fourth-order valence-corrected chi connectivity index (χ4v) is 2.09. The molecule has 2 rings (SSSR count). The maximum atomic E-state index is 11.8. The first-order chi connectivity index (χ1) is 9.11. The van der Waals surface area contributed by atoms with Gasteiger partial charge in [0.15, 0.2) is 17.6 Å². The third-order valence-electron chi connectivity index (χ3n) is 3.09. The highest BCUT2D eigenvalue weighted by molar-refractivity contribution is 5.78. The summed E-state index contributed by atoms with van der Waals surface area (Å²) in [5.41, 5.74) is 5.43. The minimum absolute atomic E-state index is 0.0162. The van der Waals surface area contributed by atoms with Crippen molar-refractivity contribution in [2.24, 2.45) is 5.73 Å². The third-order valence-corrected chi connectivity index (χ3v) is 3.09. The Hall–Kier alpha value is -1.75. The molecule has 0 aliphatic carbocycles. The smallest absolute Gasteiger partial charge is 0.236 e. The molecule has 1 aromatic rings. The second kappa shape index (κ2) is 5.93. The van der Waals surface area contributed by atoms with Crippen molar-refractivity contribution < 1.29 is 14.3 Å². The average Bonchev–Trinajstić information content (AvgIpc) is 2.43. The lowest BCUT2D eigenvalue weighted by Crippen LogP contribution is -2.48. The molecule has 1 atom stereocenters. The van der Waals surface area contributed by atoms with E-state index in [9.17, 15) is 4.79 Å². The van der Waals surface area contributed by atoms with Gasteiger partial charge in [0.25, 0.3) is 0 Å². The topological polar surface area (TPSA) is 64.8 Å². The van der Waals surface area contributed by atoms with E-state index in [0.717, 1.165) is 11.5 Å². The molecule has 5 heteroatoms. The highest BCUT2D eigenvalue weighted by Gasteiger charge is 2.26. The number of carbonyl (C=O) groups is 1. The Morgan fingerprint density at radius 2 is 2.11 bits per heavy atom. The second-order valence-electron chi connectivity index (χ2n) is 4.84. The van der Waals surface area contributed by atoms with Crippen molar-refractivity contribution in [3.63, 3.8) is 0 Å². The quantitative estimate of drug-likeness (QED) is 0.882. The van der Waals surface area contributed by atoms with E-state index in [0.29, 0.717) is 13.2 Å². The summed E-state index contributed by atoms with van der Waals surface area (Å²) in [4.78, 5) is 13.5. The molecule has 1 heterocycles. The average molecular weight is 264 g/mol. The zero-order valence-corrected chi connectivity index (χ0v) is 11.3. The number of carbonyl (C=O) groups excluding carboxylic acids is 1. The molecule has 0 saturated carbocycles. The summed E-state index contributed by atoms with van der Waals surface area (Å²) in [6.45, 7) is 4.87. The Kier molecular flexibility index (Phi) is 4.27. The van der Waals surface area contributed by atoms with Gasteiger partial charge in [-0.15, -0.1) is 0 Å². The lowest BCUT2D eigenvalue weighted by Gasteiger charge is -2.33. The van der Waals surface area contributed by atoms with Crippen LogP contribution in [-0.4, -0.2) is 42.6 Å². The summed E-state index contributed by atoms with van der Waals surface area (Å²) in [5.74, 6) is 1.40. The van der Waals surface area contributed by atoms with Crippen LogP contribution < -0.4 is 15.2 Å². The van der Waals surface area contributed by atoms with Gasteiger partial charge in [0.2, 0.25) is 5.91 Å². The van der Waals surface area contributed by atoms with Gasteiger partial charge in [-0.25, -0.2) is 0 Å². The number of fused-ring (bicyclic) bond motifs is 1. The first kappa shape index (κ1) is 13.7. The Morgan fingerprint density at radius 1 is 1.42 bits per heavy atom. The highest BCUT2D eigenvalue weighted by Crippen LogP contribution is 2.31. The molecule has 104 valence electrons. The van der Waals surface area contributed by atoms with Gasteiger partial charge in [-0.05, 0) is 26.0 Å². The van der Waals surface area contributed by atoms with Crippen LogP contribution in [0, 0.1) is 0 Å². The van der Waals surface area contributed by atoms with Crippen LogP contribution in [0.5, 0.6) is 11.5 Å². The van der Waals surface area contributed by atoms with Crippen molar-refractivity contribution in [1.29, 1.82) is 0 Å². The van der Waals surface area contributed by atoms with Gasteiger partial charge >= 0.3 is 0 Å². The molecule has 19 heavy (non-hydrogen) atoms. The zero-order chi connectivity index (χ0) is 13.8. The Morgan fingerprint density at radius 3 is 2.74 bits per heavy atom. The number of rotatable bonds is 4. The standard InChI is InChI=1S/C14H20N2O3/c1-10(2)16(14(17)7-15)8-11-9-18-12-5-3-4-6-13(12)19-11/h3-6,10-11H,7-9,15H2,1-2H3/t11-/m0/s1. The minimum Gasteiger partial charge on any atom is -0.486 e. The van der Waals surface area contributed by atoms with Crippen LogP contribution in [0.3, 0.4) is 0 Å². The van der Waals surface area contributed by atoms with Crippen LogP contribution in [0.25, 0.3) is 0 Å². The summed E-state index contributed by atoms with van der Waals surface area (Å²) in [7, 11) is 0. The second-order valence-corrected chi connectivity index (χ2v) is 4.84. The Bertz CT molecular complexity index is 448. The molecular formula is C14H20N2O3. The number of para-hydroxylation sites is 2. The van der Waals surface area contributed by atoms with Crippen molar-refractivity contribution in [1.82, 2.24) is 4.90 Å². The first-order valence-corrected chi connectivity index (χ1v) is 6.50. The number of benzene rings is 1. The number of hydrogen-bond acceptors (Lipinski definition) is 4. The van der Waals surface area contributed by atoms with E-state index in [1.807, 2.05) is 38.1 Å². The van der Waals surface area contributed by atoms with Gasteiger partial charge in [0, 0.05) is 6.04 Å². The molecule has 0 bridgehead atoms. The number of ether oxygens (including phenoxy) is 2. The third kappa shape index (κ3) is 3.17. The van der Waals surface area contributed by atoms with Gasteiger partial charge in [0.05, 0.1) is 13.1 Å². The van der Waals surface area contributed by atoms with Crippen LogP contribution in [0.4, 0.5) is 0 Å². The summed E-state index contributed by atoms with van der Waals surface area (Å²) in [5, 5.41) is 0.